The van der Waals surface area contributed by atoms with Crippen LogP contribution in [0.25, 0.3) is 28.3 Å². The van der Waals surface area contributed by atoms with Crippen LogP contribution in [0.15, 0.2) is 72.3 Å². The zero-order valence-electron chi connectivity index (χ0n) is 23.7. The molecule has 0 aliphatic heterocycles. The molecule has 0 nitrogen and oxygen atoms in total. The second-order valence-corrected chi connectivity index (χ2v) is 11.2. The molecule has 0 heterocycles. The molecule has 197 valence electrons. The minimum absolute atomic E-state index is 0. The Labute approximate surface area is 269 Å². The average molecular weight is 646 g/mol. The van der Waals surface area contributed by atoms with Gasteiger partial charge in [0, 0.05) is 15.4 Å². The van der Waals surface area contributed by atoms with Crippen molar-refractivity contribution in [3.63, 3.8) is 0 Å². The number of rotatable bonds is 3. The first kappa shape index (κ1) is 33.5. The van der Waals surface area contributed by atoms with Gasteiger partial charge < -0.3 is 24.8 Å². The van der Waals surface area contributed by atoms with E-state index in [2.05, 4.69) is 120 Å². The third-order valence-electron chi connectivity index (χ3n) is 7.61. The maximum Gasteiger partial charge on any atom is 3.00 e. The van der Waals surface area contributed by atoms with Crippen LogP contribution in [0, 0.1) is 26.8 Å². The monoisotopic (exact) mass is 643 g/mol. The van der Waals surface area contributed by atoms with Crippen molar-refractivity contribution in [3.05, 3.63) is 123 Å². The predicted molar refractivity (Wildman–Crippen MR) is 157 cm³/mol. The van der Waals surface area contributed by atoms with Gasteiger partial charge in [-0.3, -0.25) is 0 Å². The second-order valence-electron chi connectivity index (χ2n) is 10.2. The molecule has 4 aromatic carbocycles. The molecule has 0 bridgehead atoms. The van der Waals surface area contributed by atoms with Gasteiger partial charge in [-0.05, 0) is 78.1 Å². The van der Waals surface area contributed by atoms with E-state index >= 15 is 0 Å². The summed E-state index contributed by atoms with van der Waals surface area (Å²) in [4.78, 5) is 0. The van der Waals surface area contributed by atoms with Crippen molar-refractivity contribution in [2.45, 2.75) is 59.5 Å². The number of hydrogen-bond donors (Lipinski definition) is 0. The fourth-order valence-electron chi connectivity index (χ4n) is 6.31. The number of benzene rings is 4. The first-order valence-corrected chi connectivity index (χ1v) is 15.1. The maximum absolute atomic E-state index is 3.70. The molecule has 0 spiro atoms. The van der Waals surface area contributed by atoms with E-state index in [1.807, 2.05) is 0 Å². The molecular formula is C35H35Cl2SiZr. The van der Waals surface area contributed by atoms with Gasteiger partial charge in [0.1, 0.15) is 0 Å². The van der Waals surface area contributed by atoms with Crippen LogP contribution in [0.1, 0.15) is 63.8 Å². The van der Waals surface area contributed by atoms with Gasteiger partial charge in [-0.2, -0.15) is 18.2 Å². The predicted octanol–water partition coefficient (Wildman–Crippen LogP) is 3.38. The first-order valence-electron chi connectivity index (χ1n) is 13.1. The molecule has 2 aliphatic rings. The molecule has 0 aromatic heterocycles. The Hall–Kier alpha value is -1.70. The van der Waals surface area contributed by atoms with Gasteiger partial charge >= 0.3 is 26.2 Å². The molecular weight excluding hydrogens is 611 g/mol. The summed E-state index contributed by atoms with van der Waals surface area (Å²) in [5.74, 6) is 0.292. The number of aryl methyl sites for hydroxylation is 3. The molecule has 6 rings (SSSR count). The molecule has 0 N–H and O–H groups in total. The van der Waals surface area contributed by atoms with Crippen molar-refractivity contribution >= 4 is 15.6 Å². The first-order chi connectivity index (χ1) is 17.5. The zero-order chi connectivity index (χ0) is 25.4. The van der Waals surface area contributed by atoms with Gasteiger partial charge in [0.15, 0.2) is 0 Å². The molecule has 1 atom stereocenters. The Morgan fingerprint density at radius 3 is 2.15 bits per heavy atom. The molecule has 0 saturated carbocycles. The molecule has 2 aliphatic carbocycles. The summed E-state index contributed by atoms with van der Waals surface area (Å²) in [7, 11) is 1.08. The molecule has 39 heavy (non-hydrogen) atoms. The maximum atomic E-state index is 3.70. The van der Waals surface area contributed by atoms with E-state index in [9.17, 15) is 0 Å². The number of allylic oxidation sites excluding steroid dienone is 1. The number of hydrogen-bond acceptors (Lipinski definition) is 0. The van der Waals surface area contributed by atoms with Gasteiger partial charge in [0.05, 0.1) is 0 Å². The van der Waals surface area contributed by atoms with Crippen molar-refractivity contribution < 1.29 is 51.0 Å². The molecule has 4 aromatic rings. The Morgan fingerprint density at radius 2 is 1.49 bits per heavy atom. The minimum Gasteiger partial charge on any atom is -1.00 e. The van der Waals surface area contributed by atoms with Crippen LogP contribution in [0.4, 0.5) is 0 Å². The standard InChI is InChI=1S/C33H29.C2H6Si.2ClH.Zr/c1-5-23-18-31-27(32-21(3)16-20(2)17-22(32)4)13-9-15-29(31)33(23)28-14-8-12-26-25-11-7-6-10-24(25)19-30(26)28;1-3-2;;;/h6-13,15-18,33H,5,19H2,1-4H3;1-2H3;2*1H;/q-1;;;;+3/p-2. The summed E-state index contributed by atoms with van der Waals surface area (Å²) in [5.41, 5.74) is 18.2. The van der Waals surface area contributed by atoms with Crippen molar-refractivity contribution in [1.82, 2.24) is 0 Å². The fourth-order valence-corrected chi connectivity index (χ4v) is 6.31. The van der Waals surface area contributed by atoms with E-state index in [4.69, 9.17) is 0 Å². The van der Waals surface area contributed by atoms with Crippen LogP contribution < -0.4 is 24.8 Å². The van der Waals surface area contributed by atoms with Crippen molar-refractivity contribution in [2.75, 3.05) is 0 Å². The van der Waals surface area contributed by atoms with E-state index in [1.165, 1.54) is 72.3 Å². The Kier molecular flexibility index (Phi) is 12.3. The Morgan fingerprint density at radius 1 is 0.846 bits per heavy atom. The van der Waals surface area contributed by atoms with Crippen LogP contribution in [-0.2, 0) is 32.6 Å². The molecule has 0 fully saturated rings. The van der Waals surface area contributed by atoms with E-state index in [0.717, 1.165) is 22.4 Å². The third kappa shape index (κ3) is 6.15. The normalized spacial score (nSPS) is 13.8. The topological polar surface area (TPSA) is 0 Å². The summed E-state index contributed by atoms with van der Waals surface area (Å²) in [6.45, 7) is 13.3. The van der Waals surface area contributed by atoms with Crippen LogP contribution >= 0.6 is 0 Å². The van der Waals surface area contributed by atoms with E-state index in [-0.39, 0.29) is 51.0 Å². The van der Waals surface area contributed by atoms with Crippen LogP contribution in [0.2, 0.25) is 13.1 Å². The summed E-state index contributed by atoms with van der Waals surface area (Å²) in [6.07, 6.45) is 4.54. The summed E-state index contributed by atoms with van der Waals surface area (Å²) >= 11 is 0. The van der Waals surface area contributed by atoms with E-state index < -0.39 is 0 Å². The van der Waals surface area contributed by atoms with Crippen molar-refractivity contribution in [2.24, 2.45) is 0 Å². The largest absolute Gasteiger partial charge is 3.00 e. The second kappa shape index (κ2) is 14.3. The SMILES string of the molecule is CCC1=Cc2c(-c3c(C)cc(C)cc3C)cccc2C1c1[c-]ccc2c1Cc1ccccc1-2.C[Si]C.[Cl-].[Cl-].[Zr+3]. The van der Waals surface area contributed by atoms with Gasteiger partial charge in [0.25, 0.3) is 0 Å². The van der Waals surface area contributed by atoms with Gasteiger partial charge in [0.2, 0.25) is 0 Å². The summed E-state index contributed by atoms with van der Waals surface area (Å²) in [6, 6.07) is 28.5. The molecule has 3 radical (unpaired) electrons. The number of fused-ring (bicyclic) bond motifs is 4. The van der Waals surface area contributed by atoms with Gasteiger partial charge in [-0.1, -0.05) is 91.8 Å². The van der Waals surface area contributed by atoms with Crippen molar-refractivity contribution in [1.29, 1.82) is 0 Å². The Balaban J connectivity index is 0.000000852. The molecule has 0 saturated heterocycles. The zero-order valence-corrected chi connectivity index (χ0v) is 28.6. The number of halogens is 2. The average Bonchev–Trinajstić information content (AvgIpc) is 3.43. The Bertz CT molecular complexity index is 1470. The quantitative estimate of drug-likeness (QED) is 0.209. The smallest absolute Gasteiger partial charge is 1.00 e. The van der Waals surface area contributed by atoms with E-state index in [1.54, 1.807) is 0 Å². The third-order valence-corrected chi connectivity index (χ3v) is 7.61. The molecule has 4 heteroatoms. The minimum atomic E-state index is 0. The van der Waals surface area contributed by atoms with Gasteiger partial charge in [-0.15, -0.1) is 16.7 Å². The van der Waals surface area contributed by atoms with Crippen LogP contribution in [-0.4, -0.2) is 9.52 Å². The summed E-state index contributed by atoms with van der Waals surface area (Å²) < 4.78 is 0. The van der Waals surface area contributed by atoms with Crippen LogP contribution in [0.5, 0.6) is 0 Å². The van der Waals surface area contributed by atoms with Crippen LogP contribution in [0.3, 0.4) is 0 Å². The van der Waals surface area contributed by atoms with Crippen molar-refractivity contribution in [3.8, 4) is 22.3 Å². The van der Waals surface area contributed by atoms with E-state index in [0.29, 0.717) is 5.92 Å². The molecule has 0 amide bonds. The van der Waals surface area contributed by atoms with Gasteiger partial charge in [-0.25, -0.2) is 0 Å². The molecule has 1 unspecified atom stereocenters. The fraction of sp³-hybridized carbons (Fsp3) is 0.257. The summed E-state index contributed by atoms with van der Waals surface area (Å²) in [5, 5.41) is 0.